The lowest BCUT2D eigenvalue weighted by Crippen LogP contribution is -2.04. The second kappa shape index (κ2) is 14.8. The van der Waals surface area contributed by atoms with E-state index in [1.807, 2.05) is 0 Å². The largest absolute Gasteiger partial charge is 0.166 e. The molecule has 0 aromatic heterocycles. The van der Waals surface area contributed by atoms with E-state index in [2.05, 4.69) is 182 Å². The first kappa shape index (κ1) is 28.0. The minimum Gasteiger partial charge on any atom is -0.0776 e. The van der Waals surface area contributed by atoms with Crippen molar-refractivity contribution in [3.05, 3.63) is 182 Å². The van der Waals surface area contributed by atoms with Crippen molar-refractivity contribution in [3.63, 3.8) is 0 Å². The fraction of sp³-hybridized carbons (Fsp3) is 0.0270. The first-order valence-electron chi connectivity index (χ1n) is 12.7. The van der Waals surface area contributed by atoms with Crippen LogP contribution in [-0.2, 0) is 21.8 Å². The molecule has 0 N–H and O–H groups in total. The highest BCUT2D eigenvalue weighted by Gasteiger charge is 2.28. The zero-order valence-corrected chi connectivity index (χ0v) is 22.8. The first-order chi connectivity index (χ1) is 18.9. The van der Waals surface area contributed by atoms with Crippen LogP contribution in [0.2, 0.25) is 0 Å². The van der Waals surface area contributed by atoms with Gasteiger partial charge in [-0.3, -0.25) is 0 Å². The lowest BCUT2D eigenvalue weighted by Gasteiger charge is -2.07. The average molecular weight is 543 g/mol. The van der Waals surface area contributed by atoms with Gasteiger partial charge >= 0.3 is 0 Å². The number of benzene rings is 6. The Hall–Kier alpha value is -3.98. The highest BCUT2D eigenvalue weighted by Crippen LogP contribution is 2.31. The van der Waals surface area contributed by atoms with E-state index in [1.54, 1.807) is 0 Å². The van der Waals surface area contributed by atoms with E-state index < -0.39 is 0 Å². The van der Waals surface area contributed by atoms with Crippen LogP contribution in [0.25, 0.3) is 0 Å². The maximum absolute atomic E-state index is 2.21. The Morgan fingerprint density at radius 1 is 0.205 bits per heavy atom. The van der Waals surface area contributed by atoms with Crippen molar-refractivity contribution in [2.45, 2.75) is 36.8 Å². The van der Waals surface area contributed by atoms with Crippen LogP contribution in [0.4, 0.5) is 0 Å². The van der Waals surface area contributed by atoms with Gasteiger partial charge in [-0.15, -0.1) is 0 Å². The predicted octanol–water partition coefficient (Wildman–Crippen LogP) is 10.2. The molecule has 0 saturated carbocycles. The highest BCUT2D eigenvalue weighted by atomic mass is 32.2. The highest BCUT2D eigenvalue weighted by molar-refractivity contribution is 7.97. The van der Waals surface area contributed by atoms with Crippen molar-refractivity contribution in [3.8, 4) is 0 Å². The summed E-state index contributed by atoms with van der Waals surface area (Å²) in [6.45, 7) is 0. The smallest absolute Gasteiger partial charge is 0.0776 e. The van der Waals surface area contributed by atoms with Gasteiger partial charge in [0.15, 0.2) is 29.4 Å². The summed E-state index contributed by atoms with van der Waals surface area (Å²) in [5, 5.41) is 0. The van der Waals surface area contributed by atoms with Gasteiger partial charge in [-0.25, -0.2) is 0 Å². The van der Waals surface area contributed by atoms with Gasteiger partial charge in [0.05, 0.1) is 21.8 Å². The van der Waals surface area contributed by atoms with Gasteiger partial charge in [0.25, 0.3) is 0 Å². The molecule has 0 fully saturated rings. The van der Waals surface area contributed by atoms with Crippen LogP contribution in [-0.4, -0.2) is 0 Å². The summed E-state index contributed by atoms with van der Waals surface area (Å²) in [4.78, 5) is 8.17. The molecule has 0 unspecified atom stereocenters. The van der Waals surface area contributed by atoms with Gasteiger partial charge in [-0.1, -0.05) is 117 Å². The Morgan fingerprint density at radius 2 is 0.333 bits per heavy atom. The van der Waals surface area contributed by atoms with Crippen molar-refractivity contribution < 1.29 is 0 Å². The lowest BCUT2D eigenvalue weighted by molar-refractivity contribution is 1.32. The van der Waals surface area contributed by atoms with Gasteiger partial charge in [-0.05, 0) is 72.8 Å². The molecule has 0 bridgehead atoms. The standard InChI is InChI=1S/2C18H15S.CH4/c2*1-4-10-16(11-5-1)19(17-12-6-2-7-13-17)18-14-8-3-9-15-18;/h2*1-15H;1H4/q2*+1;. The topological polar surface area (TPSA) is 0 Å². The van der Waals surface area contributed by atoms with Crippen LogP contribution in [0, 0.1) is 0 Å². The van der Waals surface area contributed by atoms with E-state index in [1.165, 1.54) is 29.4 Å². The quantitative estimate of drug-likeness (QED) is 0.184. The Balaban J connectivity index is 0.000000176. The summed E-state index contributed by atoms with van der Waals surface area (Å²) in [6.07, 6.45) is 0. The Morgan fingerprint density at radius 3 is 0.462 bits per heavy atom. The maximum Gasteiger partial charge on any atom is 0.166 e. The average Bonchev–Trinajstić information content (AvgIpc) is 3.01. The SMILES string of the molecule is C.c1ccc([S+](c2ccccc2)c2ccccc2)cc1.c1ccc([S+](c2ccccc2)c2ccccc2)cc1. The zero-order chi connectivity index (χ0) is 25.8. The molecule has 0 nitrogen and oxygen atoms in total. The molecule has 0 aliphatic rings. The van der Waals surface area contributed by atoms with Gasteiger partial charge < -0.3 is 0 Å². The maximum atomic E-state index is 2.21. The summed E-state index contributed by atoms with van der Waals surface area (Å²) in [7, 11) is -0.0293. The third-order valence-electron chi connectivity index (χ3n) is 5.87. The van der Waals surface area contributed by atoms with Crippen molar-refractivity contribution in [2.24, 2.45) is 0 Å². The second-order valence-electron chi connectivity index (χ2n) is 8.49. The van der Waals surface area contributed by atoms with Crippen LogP contribution in [0.1, 0.15) is 7.43 Å². The molecule has 6 aromatic rings. The molecule has 0 atom stereocenters. The molecule has 39 heavy (non-hydrogen) atoms. The third-order valence-corrected chi connectivity index (χ3v) is 10.3. The van der Waals surface area contributed by atoms with Crippen LogP contribution < -0.4 is 0 Å². The minimum atomic E-state index is -0.0146. The molecule has 0 radical (unpaired) electrons. The van der Waals surface area contributed by atoms with Crippen molar-refractivity contribution in [1.29, 1.82) is 0 Å². The molecular weight excluding hydrogens is 509 g/mol. The van der Waals surface area contributed by atoms with E-state index in [0.29, 0.717) is 0 Å². The van der Waals surface area contributed by atoms with E-state index >= 15 is 0 Å². The summed E-state index contributed by atoms with van der Waals surface area (Å²) in [6, 6.07) is 64.3. The third kappa shape index (κ3) is 7.54. The molecule has 6 rings (SSSR count). The molecule has 0 aliphatic heterocycles. The van der Waals surface area contributed by atoms with Gasteiger partial charge in [-0.2, -0.15) is 0 Å². The fourth-order valence-electron chi connectivity index (χ4n) is 4.16. The van der Waals surface area contributed by atoms with E-state index in [9.17, 15) is 0 Å². The molecular formula is C37H34S2+2. The Bertz CT molecular complexity index is 1170. The molecule has 0 spiro atoms. The zero-order valence-electron chi connectivity index (χ0n) is 21.1. The monoisotopic (exact) mass is 542 g/mol. The van der Waals surface area contributed by atoms with Crippen LogP contribution in [0.3, 0.4) is 0 Å². The van der Waals surface area contributed by atoms with Crippen LogP contribution in [0.5, 0.6) is 0 Å². The van der Waals surface area contributed by atoms with Gasteiger partial charge in [0.2, 0.25) is 0 Å². The minimum absolute atomic E-state index is 0. The summed E-state index contributed by atoms with van der Waals surface area (Å²) < 4.78 is 0. The second-order valence-corrected chi connectivity index (χ2v) is 12.5. The molecule has 2 heteroatoms. The molecule has 0 saturated heterocycles. The van der Waals surface area contributed by atoms with Crippen LogP contribution >= 0.6 is 0 Å². The summed E-state index contributed by atoms with van der Waals surface area (Å²) >= 11 is 0. The Kier molecular flexibility index (Phi) is 10.7. The lowest BCUT2D eigenvalue weighted by atomic mass is 10.4. The Labute approximate surface area is 239 Å². The van der Waals surface area contributed by atoms with Crippen molar-refractivity contribution in [1.82, 2.24) is 0 Å². The summed E-state index contributed by atoms with van der Waals surface area (Å²) in [5.74, 6) is 0. The normalized spacial score (nSPS) is 10.3. The fourth-order valence-corrected chi connectivity index (χ4v) is 8.36. The molecule has 6 aromatic carbocycles. The first-order valence-corrected chi connectivity index (χ1v) is 15.1. The van der Waals surface area contributed by atoms with Crippen molar-refractivity contribution >= 4 is 21.8 Å². The molecule has 0 amide bonds. The van der Waals surface area contributed by atoms with E-state index in [0.717, 1.165) is 0 Å². The van der Waals surface area contributed by atoms with E-state index in [4.69, 9.17) is 0 Å². The van der Waals surface area contributed by atoms with Crippen LogP contribution in [0.15, 0.2) is 211 Å². The molecule has 0 aliphatic carbocycles. The van der Waals surface area contributed by atoms with Crippen molar-refractivity contribution in [2.75, 3.05) is 0 Å². The van der Waals surface area contributed by atoms with Gasteiger partial charge in [0, 0.05) is 0 Å². The predicted molar refractivity (Wildman–Crippen MR) is 170 cm³/mol. The van der Waals surface area contributed by atoms with E-state index in [-0.39, 0.29) is 29.2 Å². The van der Waals surface area contributed by atoms with Gasteiger partial charge in [0.1, 0.15) is 0 Å². The molecule has 192 valence electrons. The number of hydrogen-bond donors (Lipinski definition) is 0. The number of rotatable bonds is 6. The number of hydrogen-bond acceptors (Lipinski definition) is 0. The molecule has 0 heterocycles. The summed E-state index contributed by atoms with van der Waals surface area (Å²) in [5.41, 5.74) is 0.